The largest absolute Gasteiger partial charge is 0.430 e. The minimum absolute atomic E-state index is 0.737. The third kappa shape index (κ3) is 1.70. The molecule has 0 unspecified atom stereocenters. The summed E-state index contributed by atoms with van der Waals surface area (Å²) in [5.74, 6) is 0. The van der Waals surface area contributed by atoms with E-state index in [2.05, 4.69) is 9.94 Å². The number of nitrogens with zero attached hydrogens (tertiary/aromatic N) is 2. The summed E-state index contributed by atoms with van der Waals surface area (Å²) in [5, 5.41) is 3.84. The van der Waals surface area contributed by atoms with Crippen LogP contribution in [0.1, 0.15) is 11.4 Å². The molecule has 0 fully saturated rings. The van der Waals surface area contributed by atoms with Crippen molar-refractivity contribution in [1.82, 2.24) is 9.94 Å². The van der Waals surface area contributed by atoms with E-state index in [0.29, 0.717) is 0 Å². The highest BCUT2D eigenvalue weighted by atomic mass is 16.7. The van der Waals surface area contributed by atoms with Crippen LogP contribution in [0.25, 0.3) is 0 Å². The van der Waals surface area contributed by atoms with Gasteiger partial charge in [0, 0.05) is 0 Å². The Labute approximate surface area is 63.7 Å². The third-order valence-corrected chi connectivity index (χ3v) is 1.14. The molecule has 5 heteroatoms. The van der Waals surface area contributed by atoms with E-state index in [0.717, 1.165) is 16.2 Å². The molecule has 1 aromatic heterocycles. The van der Waals surface area contributed by atoms with Crippen LogP contribution in [0.15, 0.2) is 6.07 Å². The van der Waals surface area contributed by atoms with Crippen LogP contribution in [0.4, 0.5) is 4.79 Å². The van der Waals surface area contributed by atoms with Gasteiger partial charge in [0.15, 0.2) is 0 Å². The van der Waals surface area contributed by atoms with Crippen LogP contribution < -0.4 is 10.6 Å². The predicted octanol–water partition coefficient (Wildman–Crippen LogP) is 0.00724. The first-order valence-corrected chi connectivity index (χ1v) is 3.10. The van der Waals surface area contributed by atoms with Crippen molar-refractivity contribution in [3.05, 3.63) is 17.5 Å². The molecule has 1 rings (SSSR count). The van der Waals surface area contributed by atoms with Crippen molar-refractivity contribution in [2.45, 2.75) is 13.8 Å². The van der Waals surface area contributed by atoms with Gasteiger partial charge < -0.3 is 5.73 Å². The standard InChI is InChI=1S/C6H9N3O2/c1-4-3-5(2)9(8-4)11-6(7)10/h3H,1-2H3,(H2,7,10). The Morgan fingerprint density at radius 1 is 1.73 bits per heavy atom. The number of carbonyl (C=O) groups is 1. The van der Waals surface area contributed by atoms with Crippen LogP contribution in [-0.4, -0.2) is 16.0 Å². The van der Waals surface area contributed by atoms with Gasteiger partial charge in [0.05, 0.1) is 11.4 Å². The minimum atomic E-state index is -0.865. The summed E-state index contributed by atoms with van der Waals surface area (Å²) in [5.41, 5.74) is 6.30. The van der Waals surface area contributed by atoms with Gasteiger partial charge in [-0.05, 0) is 19.9 Å². The van der Waals surface area contributed by atoms with Crippen LogP contribution in [0.3, 0.4) is 0 Å². The van der Waals surface area contributed by atoms with Crippen molar-refractivity contribution in [2.75, 3.05) is 0 Å². The summed E-state index contributed by atoms with van der Waals surface area (Å²) >= 11 is 0. The van der Waals surface area contributed by atoms with Crippen molar-refractivity contribution in [3.8, 4) is 0 Å². The highest BCUT2D eigenvalue weighted by Crippen LogP contribution is 1.98. The second-order valence-corrected chi connectivity index (χ2v) is 2.21. The first kappa shape index (κ1) is 7.59. The van der Waals surface area contributed by atoms with Crippen LogP contribution >= 0.6 is 0 Å². The van der Waals surface area contributed by atoms with Crippen molar-refractivity contribution in [2.24, 2.45) is 5.73 Å². The van der Waals surface area contributed by atoms with Gasteiger partial charge in [-0.3, -0.25) is 4.84 Å². The lowest BCUT2D eigenvalue weighted by molar-refractivity contribution is 0.122. The van der Waals surface area contributed by atoms with Gasteiger partial charge in [-0.1, -0.05) is 4.85 Å². The van der Waals surface area contributed by atoms with E-state index in [1.54, 1.807) is 19.9 Å². The van der Waals surface area contributed by atoms with Crippen molar-refractivity contribution in [3.63, 3.8) is 0 Å². The van der Waals surface area contributed by atoms with E-state index >= 15 is 0 Å². The molecular formula is C6H9N3O2. The zero-order valence-electron chi connectivity index (χ0n) is 6.37. The number of rotatable bonds is 1. The summed E-state index contributed by atoms with van der Waals surface area (Å²) in [4.78, 5) is 15.9. The lowest BCUT2D eigenvalue weighted by Gasteiger charge is -1.99. The Kier molecular flexibility index (Phi) is 1.80. The molecule has 0 aliphatic carbocycles. The molecule has 5 nitrogen and oxygen atoms in total. The maximum Gasteiger partial charge on any atom is 0.430 e. The van der Waals surface area contributed by atoms with Crippen LogP contribution in [0.5, 0.6) is 0 Å². The number of hydrogen-bond acceptors (Lipinski definition) is 3. The molecule has 60 valence electrons. The number of aromatic nitrogens is 2. The van der Waals surface area contributed by atoms with Crippen LogP contribution in [0, 0.1) is 13.8 Å². The Morgan fingerprint density at radius 3 is 2.73 bits per heavy atom. The number of amides is 1. The second-order valence-electron chi connectivity index (χ2n) is 2.21. The molecule has 11 heavy (non-hydrogen) atoms. The molecule has 0 bridgehead atoms. The van der Waals surface area contributed by atoms with Gasteiger partial charge >= 0.3 is 6.09 Å². The second kappa shape index (κ2) is 2.61. The molecule has 0 aliphatic rings. The van der Waals surface area contributed by atoms with Crippen LogP contribution in [0.2, 0.25) is 0 Å². The third-order valence-electron chi connectivity index (χ3n) is 1.14. The van der Waals surface area contributed by atoms with Crippen molar-refractivity contribution >= 4 is 6.09 Å². The molecule has 0 saturated carbocycles. The van der Waals surface area contributed by atoms with Crippen molar-refractivity contribution in [1.29, 1.82) is 0 Å². The fourth-order valence-electron chi connectivity index (χ4n) is 0.786. The van der Waals surface area contributed by atoms with E-state index in [1.807, 2.05) is 0 Å². The molecule has 1 amide bonds. The number of nitrogens with two attached hydrogens (primary N) is 1. The summed E-state index contributed by atoms with van der Waals surface area (Å²) in [7, 11) is 0. The predicted molar refractivity (Wildman–Crippen MR) is 37.9 cm³/mol. The van der Waals surface area contributed by atoms with Crippen molar-refractivity contribution < 1.29 is 9.63 Å². The van der Waals surface area contributed by atoms with Gasteiger partial charge in [-0.25, -0.2) is 4.79 Å². The van der Waals surface area contributed by atoms with Gasteiger partial charge in [0.25, 0.3) is 0 Å². The molecule has 0 spiro atoms. The van der Waals surface area contributed by atoms with Crippen LogP contribution in [-0.2, 0) is 0 Å². The molecule has 0 atom stereocenters. The van der Waals surface area contributed by atoms with Gasteiger partial charge in [-0.15, -0.1) is 5.10 Å². The number of primary amides is 1. The van der Waals surface area contributed by atoms with Gasteiger partial charge in [-0.2, -0.15) is 0 Å². The summed E-state index contributed by atoms with van der Waals surface area (Å²) in [6.45, 7) is 3.57. The molecule has 2 N–H and O–H groups in total. The maximum absolute atomic E-state index is 10.3. The average Bonchev–Trinajstić information content (AvgIpc) is 2.09. The molecule has 0 aliphatic heterocycles. The zero-order valence-corrected chi connectivity index (χ0v) is 6.37. The maximum atomic E-state index is 10.3. The summed E-state index contributed by atoms with van der Waals surface area (Å²) < 4.78 is 0. The molecule has 0 aromatic carbocycles. The Hall–Kier alpha value is -1.52. The first-order valence-electron chi connectivity index (χ1n) is 3.10. The van der Waals surface area contributed by atoms with E-state index in [9.17, 15) is 4.79 Å². The first-order chi connectivity index (χ1) is 5.09. The van der Waals surface area contributed by atoms with E-state index in [4.69, 9.17) is 5.73 Å². The monoisotopic (exact) mass is 155 g/mol. The molecule has 1 heterocycles. The number of aryl methyl sites for hydroxylation is 2. The lowest BCUT2D eigenvalue weighted by atomic mass is 10.4. The smallest absolute Gasteiger partial charge is 0.333 e. The molecule has 0 radical (unpaired) electrons. The summed E-state index contributed by atoms with van der Waals surface area (Å²) in [6, 6.07) is 1.78. The molecular weight excluding hydrogens is 146 g/mol. The Bertz CT molecular complexity index is 279. The Balaban J connectivity index is 2.85. The molecule has 1 aromatic rings. The fraction of sp³-hybridized carbons (Fsp3) is 0.333. The highest BCUT2D eigenvalue weighted by Gasteiger charge is 2.02. The lowest BCUT2D eigenvalue weighted by Crippen LogP contribution is -2.27. The average molecular weight is 155 g/mol. The quantitative estimate of drug-likeness (QED) is 0.620. The minimum Gasteiger partial charge on any atom is -0.333 e. The summed E-state index contributed by atoms with van der Waals surface area (Å²) in [6.07, 6.45) is -0.865. The van der Waals surface area contributed by atoms with E-state index in [-0.39, 0.29) is 0 Å². The topological polar surface area (TPSA) is 70.1 Å². The van der Waals surface area contributed by atoms with Gasteiger partial charge in [0.2, 0.25) is 0 Å². The number of carbonyl (C=O) groups excluding carboxylic acids is 1. The van der Waals surface area contributed by atoms with E-state index in [1.165, 1.54) is 0 Å². The molecule has 0 saturated heterocycles. The normalized spacial score (nSPS) is 9.64. The SMILES string of the molecule is Cc1cc(C)n(OC(N)=O)n1. The fourth-order valence-corrected chi connectivity index (χ4v) is 0.786. The van der Waals surface area contributed by atoms with Gasteiger partial charge in [0.1, 0.15) is 0 Å². The van der Waals surface area contributed by atoms with E-state index < -0.39 is 6.09 Å². The number of hydrogen-bond donors (Lipinski definition) is 1. The Morgan fingerprint density at radius 2 is 2.36 bits per heavy atom. The zero-order chi connectivity index (χ0) is 8.43. The highest BCUT2D eigenvalue weighted by molar-refractivity contribution is 5.64.